The van der Waals surface area contributed by atoms with Gasteiger partial charge in [0.15, 0.2) is 0 Å². The standard InChI is InChI=1S/C11H12F5NO/c1-2-9(17)10(11(14,15)16)18-8-4-6(12)3-7(13)5-8/h3-5,9-10H,2,17H2,1H3. The lowest BCUT2D eigenvalue weighted by Crippen LogP contribution is -2.48. The molecule has 0 aromatic heterocycles. The zero-order valence-electron chi connectivity index (χ0n) is 9.47. The number of hydrogen-bond donors (Lipinski definition) is 1. The average molecular weight is 269 g/mol. The van der Waals surface area contributed by atoms with Gasteiger partial charge >= 0.3 is 6.18 Å². The second kappa shape index (κ2) is 5.51. The van der Waals surface area contributed by atoms with Crippen molar-refractivity contribution in [2.75, 3.05) is 0 Å². The van der Waals surface area contributed by atoms with E-state index in [-0.39, 0.29) is 6.42 Å². The Kier molecular flexibility index (Phi) is 4.50. The molecule has 2 N–H and O–H groups in total. The number of nitrogens with two attached hydrogens (primary N) is 1. The number of hydrogen-bond acceptors (Lipinski definition) is 2. The quantitative estimate of drug-likeness (QED) is 0.853. The van der Waals surface area contributed by atoms with E-state index in [1.807, 2.05) is 0 Å². The van der Waals surface area contributed by atoms with Gasteiger partial charge in [-0.3, -0.25) is 0 Å². The molecule has 0 aliphatic heterocycles. The summed E-state index contributed by atoms with van der Waals surface area (Å²) in [5.74, 6) is -2.58. The van der Waals surface area contributed by atoms with E-state index in [9.17, 15) is 22.0 Å². The summed E-state index contributed by atoms with van der Waals surface area (Å²) in [7, 11) is 0. The minimum atomic E-state index is -4.71. The Morgan fingerprint density at radius 2 is 1.67 bits per heavy atom. The molecular weight excluding hydrogens is 257 g/mol. The average Bonchev–Trinajstić information content (AvgIpc) is 2.22. The molecule has 0 spiro atoms. The van der Waals surface area contributed by atoms with Crippen LogP contribution in [0.3, 0.4) is 0 Å². The lowest BCUT2D eigenvalue weighted by Gasteiger charge is -2.26. The molecule has 0 amide bonds. The van der Waals surface area contributed by atoms with Crippen molar-refractivity contribution < 1.29 is 26.7 Å². The Morgan fingerprint density at radius 3 is 2.06 bits per heavy atom. The first-order chi connectivity index (χ1) is 8.24. The third kappa shape index (κ3) is 3.83. The van der Waals surface area contributed by atoms with Crippen LogP contribution >= 0.6 is 0 Å². The maximum Gasteiger partial charge on any atom is 0.426 e. The van der Waals surface area contributed by atoms with Gasteiger partial charge in [0.2, 0.25) is 6.10 Å². The summed E-state index contributed by atoms with van der Waals surface area (Å²) in [6.45, 7) is 1.46. The number of ether oxygens (including phenoxy) is 1. The first-order valence-corrected chi connectivity index (χ1v) is 5.19. The topological polar surface area (TPSA) is 35.2 Å². The smallest absolute Gasteiger partial charge is 0.426 e. The molecule has 2 nitrogen and oxygen atoms in total. The summed E-state index contributed by atoms with van der Waals surface area (Å²) in [6.07, 6.45) is -7.00. The third-order valence-electron chi connectivity index (χ3n) is 2.28. The molecule has 102 valence electrons. The van der Waals surface area contributed by atoms with E-state index in [0.717, 1.165) is 0 Å². The van der Waals surface area contributed by atoms with Gasteiger partial charge in [0.25, 0.3) is 0 Å². The number of rotatable bonds is 4. The highest BCUT2D eigenvalue weighted by atomic mass is 19.4. The van der Waals surface area contributed by atoms with E-state index in [1.54, 1.807) is 0 Å². The fraction of sp³-hybridized carbons (Fsp3) is 0.455. The molecule has 7 heteroatoms. The van der Waals surface area contributed by atoms with Crippen molar-refractivity contribution in [1.29, 1.82) is 0 Å². The predicted octanol–water partition coefficient (Wildman–Crippen LogP) is 3.01. The molecule has 2 unspecified atom stereocenters. The van der Waals surface area contributed by atoms with Gasteiger partial charge in [-0.1, -0.05) is 6.92 Å². The molecule has 0 aliphatic carbocycles. The normalized spacial score (nSPS) is 15.3. The van der Waals surface area contributed by atoms with Crippen molar-refractivity contribution >= 4 is 0 Å². The SMILES string of the molecule is CCC(N)C(Oc1cc(F)cc(F)c1)C(F)(F)F. The third-order valence-corrected chi connectivity index (χ3v) is 2.28. The van der Waals surface area contributed by atoms with Crippen LogP contribution in [0.2, 0.25) is 0 Å². The second-order valence-corrected chi connectivity index (χ2v) is 3.76. The summed E-state index contributed by atoms with van der Waals surface area (Å²) in [5.41, 5.74) is 5.29. The lowest BCUT2D eigenvalue weighted by atomic mass is 10.1. The summed E-state index contributed by atoms with van der Waals surface area (Å²) in [4.78, 5) is 0. The molecule has 1 rings (SSSR count). The molecular formula is C11H12F5NO. The van der Waals surface area contributed by atoms with Crippen molar-refractivity contribution in [2.24, 2.45) is 5.73 Å². The molecule has 0 fully saturated rings. The summed E-state index contributed by atoms with van der Waals surface area (Å²) in [5, 5.41) is 0. The van der Waals surface area contributed by atoms with E-state index in [4.69, 9.17) is 5.73 Å². The van der Waals surface area contributed by atoms with E-state index in [0.29, 0.717) is 18.2 Å². The molecule has 18 heavy (non-hydrogen) atoms. The molecule has 1 aromatic rings. The van der Waals surface area contributed by atoms with E-state index in [2.05, 4.69) is 4.74 Å². The van der Waals surface area contributed by atoms with Crippen molar-refractivity contribution in [3.63, 3.8) is 0 Å². The maximum absolute atomic E-state index is 12.8. The highest BCUT2D eigenvalue weighted by Crippen LogP contribution is 2.28. The number of benzene rings is 1. The zero-order chi connectivity index (χ0) is 13.9. The second-order valence-electron chi connectivity index (χ2n) is 3.76. The summed E-state index contributed by atoms with van der Waals surface area (Å²) >= 11 is 0. The van der Waals surface area contributed by atoms with Gasteiger partial charge < -0.3 is 10.5 Å². The maximum atomic E-state index is 12.8. The Bertz CT molecular complexity index is 387. The van der Waals surface area contributed by atoms with Gasteiger partial charge in [-0.25, -0.2) is 8.78 Å². The molecule has 0 bridgehead atoms. The molecule has 0 heterocycles. The van der Waals surface area contributed by atoms with Gasteiger partial charge in [0, 0.05) is 18.2 Å². The largest absolute Gasteiger partial charge is 0.479 e. The van der Waals surface area contributed by atoms with Crippen molar-refractivity contribution in [1.82, 2.24) is 0 Å². The number of alkyl halides is 3. The highest BCUT2D eigenvalue weighted by Gasteiger charge is 2.45. The Morgan fingerprint density at radius 1 is 1.17 bits per heavy atom. The van der Waals surface area contributed by atoms with Gasteiger partial charge in [-0.2, -0.15) is 13.2 Å². The first kappa shape index (κ1) is 14.7. The minimum absolute atomic E-state index is 0.0158. The molecule has 2 atom stereocenters. The fourth-order valence-corrected chi connectivity index (χ4v) is 1.35. The van der Waals surface area contributed by atoms with E-state index in [1.165, 1.54) is 6.92 Å². The molecule has 0 aliphatic rings. The summed E-state index contributed by atoms with van der Waals surface area (Å²) < 4.78 is 68.2. The van der Waals surface area contributed by atoms with Crippen LogP contribution in [0.1, 0.15) is 13.3 Å². The fourth-order valence-electron chi connectivity index (χ4n) is 1.35. The van der Waals surface area contributed by atoms with Crippen molar-refractivity contribution in [3.8, 4) is 5.75 Å². The van der Waals surface area contributed by atoms with E-state index < -0.39 is 35.7 Å². The van der Waals surface area contributed by atoms with Crippen molar-refractivity contribution in [2.45, 2.75) is 31.7 Å². The monoisotopic (exact) mass is 269 g/mol. The van der Waals surface area contributed by atoms with Crippen molar-refractivity contribution in [3.05, 3.63) is 29.8 Å². The Hall–Kier alpha value is -1.37. The minimum Gasteiger partial charge on any atom is -0.479 e. The molecule has 0 saturated heterocycles. The highest BCUT2D eigenvalue weighted by molar-refractivity contribution is 5.24. The molecule has 0 radical (unpaired) electrons. The van der Waals surface area contributed by atoms with Crippen LogP contribution < -0.4 is 10.5 Å². The van der Waals surface area contributed by atoms with Crippen LogP contribution in [0.15, 0.2) is 18.2 Å². The van der Waals surface area contributed by atoms with Crippen LogP contribution in [0.4, 0.5) is 22.0 Å². The van der Waals surface area contributed by atoms with Crippen LogP contribution in [0.5, 0.6) is 5.75 Å². The zero-order valence-corrected chi connectivity index (χ0v) is 9.47. The molecule has 1 aromatic carbocycles. The van der Waals surface area contributed by atoms with Gasteiger partial charge in [-0.15, -0.1) is 0 Å². The first-order valence-electron chi connectivity index (χ1n) is 5.19. The van der Waals surface area contributed by atoms with Gasteiger partial charge in [0.1, 0.15) is 17.4 Å². The van der Waals surface area contributed by atoms with Crippen LogP contribution in [-0.2, 0) is 0 Å². The Labute approximate surface area is 101 Å². The molecule has 0 saturated carbocycles. The van der Waals surface area contributed by atoms with Gasteiger partial charge in [0.05, 0.1) is 6.04 Å². The van der Waals surface area contributed by atoms with Crippen LogP contribution in [0.25, 0.3) is 0 Å². The Balaban J connectivity index is 2.96. The lowest BCUT2D eigenvalue weighted by molar-refractivity contribution is -0.200. The predicted molar refractivity (Wildman–Crippen MR) is 55.1 cm³/mol. The van der Waals surface area contributed by atoms with Crippen LogP contribution in [-0.4, -0.2) is 18.3 Å². The summed E-state index contributed by atoms with van der Waals surface area (Å²) in [6, 6.07) is 0.570. The van der Waals surface area contributed by atoms with Gasteiger partial charge in [-0.05, 0) is 6.42 Å². The van der Waals surface area contributed by atoms with E-state index >= 15 is 0 Å². The van der Waals surface area contributed by atoms with Crippen LogP contribution in [0, 0.1) is 11.6 Å². The number of halogens is 5.